The van der Waals surface area contributed by atoms with Gasteiger partial charge in [0.15, 0.2) is 0 Å². The Hall–Kier alpha value is -1.39. The summed E-state index contributed by atoms with van der Waals surface area (Å²) >= 11 is 0. The van der Waals surface area contributed by atoms with Gasteiger partial charge in [0.05, 0.1) is 0 Å². The Morgan fingerprint density at radius 2 is 1.78 bits per heavy atom. The second-order valence-electron chi connectivity index (χ2n) is 4.55. The molecule has 2 rings (SSSR count). The first kappa shape index (κ1) is 13.1. The fraction of sp³-hybridized carbons (Fsp3) is 0.538. The van der Waals surface area contributed by atoms with E-state index in [1.165, 1.54) is 12.5 Å². The number of aryl methyl sites for hydroxylation is 1. The molecule has 0 atom stereocenters. The van der Waals surface area contributed by atoms with E-state index in [4.69, 9.17) is 0 Å². The normalized spacial score (nSPS) is 16.8. The summed E-state index contributed by atoms with van der Waals surface area (Å²) < 4.78 is 40.8. The van der Waals surface area contributed by atoms with Crippen LogP contribution in [0.4, 0.5) is 18.9 Å². The van der Waals surface area contributed by atoms with Crippen LogP contribution in [0.1, 0.15) is 24.8 Å². The van der Waals surface area contributed by atoms with Crippen molar-refractivity contribution >= 4 is 5.69 Å². The Morgan fingerprint density at radius 1 is 1.11 bits per heavy atom. The van der Waals surface area contributed by atoms with Crippen molar-refractivity contribution in [2.75, 3.05) is 18.0 Å². The predicted octanol–water partition coefficient (Wildman–Crippen LogP) is 3.88. The van der Waals surface area contributed by atoms with Crippen molar-refractivity contribution in [3.63, 3.8) is 0 Å². The lowest BCUT2D eigenvalue weighted by molar-refractivity contribution is -0.274. The third-order valence-corrected chi connectivity index (χ3v) is 3.12. The number of rotatable bonds is 2. The van der Waals surface area contributed by atoms with Crippen LogP contribution in [-0.2, 0) is 0 Å². The maximum atomic E-state index is 12.3. The number of benzene rings is 1. The van der Waals surface area contributed by atoms with E-state index in [1.54, 1.807) is 13.0 Å². The first-order valence-electron chi connectivity index (χ1n) is 6.07. The highest BCUT2D eigenvalue weighted by atomic mass is 19.4. The molecule has 0 unspecified atom stereocenters. The van der Waals surface area contributed by atoms with Crippen LogP contribution in [0.25, 0.3) is 0 Å². The number of alkyl halides is 3. The van der Waals surface area contributed by atoms with Crippen LogP contribution in [-0.4, -0.2) is 19.5 Å². The van der Waals surface area contributed by atoms with Crippen molar-refractivity contribution in [1.82, 2.24) is 0 Å². The van der Waals surface area contributed by atoms with Gasteiger partial charge in [0.25, 0.3) is 0 Å². The maximum absolute atomic E-state index is 12.3. The molecule has 0 amide bonds. The highest BCUT2D eigenvalue weighted by molar-refractivity contribution is 5.53. The molecule has 0 aliphatic carbocycles. The summed E-state index contributed by atoms with van der Waals surface area (Å²) in [6.45, 7) is 3.41. The molecule has 5 heteroatoms. The lowest BCUT2D eigenvalue weighted by atomic mass is 10.1. The van der Waals surface area contributed by atoms with Gasteiger partial charge < -0.3 is 9.64 Å². The van der Waals surface area contributed by atoms with Crippen LogP contribution in [0.15, 0.2) is 18.2 Å². The molecule has 1 saturated heterocycles. The molecule has 0 radical (unpaired) electrons. The van der Waals surface area contributed by atoms with Crippen LogP contribution < -0.4 is 9.64 Å². The molecule has 0 spiro atoms. The van der Waals surface area contributed by atoms with Gasteiger partial charge in [-0.15, -0.1) is 13.2 Å². The average molecular weight is 259 g/mol. The van der Waals surface area contributed by atoms with Gasteiger partial charge in [-0.05, 0) is 37.8 Å². The number of anilines is 1. The molecule has 0 bridgehead atoms. The Bertz CT molecular complexity index is 411. The smallest absolute Gasteiger partial charge is 0.405 e. The van der Waals surface area contributed by atoms with Crippen LogP contribution in [0, 0.1) is 6.92 Å². The summed E-state index contributed by atoms with van der Waals surface area (Å²) in [5.41, 5.74) is 1.30. The SMILES string of the molecule is Cc1ccc(N2CCCCC2)cc1OC(F)(F)F. The highest BCUT2D eigenvalue weighted by Gasteiger charge is 2.32. The van der Waals surface area contributed by atoms with E-state index in [0.29, 0.717) is 5.56 Å². The van der Waals surface area contributed by atoms with E-state index in [0.717, 1.165) is 31.6 Å². The summed E-state index contributed by atoms with van der Waals surface area (Å²) in [6, 6.07) is 5.00. The first-order valence-corrected chi connectivity index (χ1v) is 6.07. The zero-order chi connectivity index (χ0) is 13.2. The van der Waals surface area contributed by atoms with E-state index in [1.807, 2.05) is 6.07 Å². The van der Waals surface area contributed by atoms with Crippen molar-refractivity contribution in [3.8, 4) is 5.75 Å². The molecule has 1 aromatic rings. The molecule has 1 heterocycles. The zero-order valence-corrected chi connectivity index (χ0v) is 10.3. The van der Waals surface area contributed by atoms with E-state index >= 15 is 0 Å². The van der Waals surface area contributed by atoms with E-state index in [2.05, 4.69) is 9.64 Å². The number of nitrogens with zero attached hydrogens (tertiary/aromatic N) is 1. The van der Waals surface area contributed by atoms with E-state index in [9.17, 15) is 13.2 Å². The van der Waals surface area contributed by atoms with Crippen molar-refractivity contribution < 1.29 is 17.9 Å². The van der Waals surface area contributed by atoms with Gasteiger partial charge in [0, 0.05) is 24.8 Å². The molecular weight excluding hydrogens is 243 g/mol. The Labute approximate surface area is 104 Å². The van der Waals surface area contributed by atoms with E-state index in [-0.39, 0.29) is 5.75 Å². The minimum Gasteiger partial charge on any atom is -0.405 e. The molecule has 2 nitrogen and oxygen atoms in total. The molecule has 0 aromatic heterocycles. The maximum Gasteiger partial charge on any atom is 0.573 e. The molecule has 1 aliphatic heterocycles. The highest BCUT2D eigenvalue weighted by Crippen LogP contribution is 2.31. The van der Waals surface area contributed by atoms with Crippen molar-refractivity contribution in [2.24, 2.45) is 0 Å². The number of ether oxygens (including phenoxy) is 1. The van der Waals surface area contributed by atoms with Crippen LogP contribution in [0.3, 0.4) is 0 Å². The molecule has 1 aliphatic rings. The second kappa shape index (κ2) is 5.08. The van der Waals surface area contributed by atoms with Crippen molar-refractivity contribution in [3.05, 3.63) is 23.8 Å². The molecule has 1 aromatic carbocycles. The topological polar surface area (TPSA) is 12.5 Å². The van der Waals surface area contributed by atoms with Crippen molar-refractivity contribution in [2.45, 2.75) is 32.5 Å². The van der Waals surface area contributed by atoms with Crippen LogP contribution >= 0.6 is 0 Å². The lowest BCUT2D eigenvalue weighted by Gasteiger charge is -2.29. The fourth-order valence-corrected chi connectivity index (χ4v) is 2.17. The van der Waals surface area contributed by atoms with Gasteiger partial charge >= 0.3 is 6.36 Å². The number of halogens is 3. The van der Waals surface area contributed by atoms with Crippen molar-refractivity contribution in [1.29, 1.82) is 0 Å². The molecule has 0 saturated carbocycles. The number of piperidine rings is 1. The molecule has 1 fully saturated rings. The predicted molar refractivity (Wildman–Crippen MR) is 63.9 cm³/mol. The van der Waals surface area contributed by atoms with Gasteiger partial charge in [0.2, 0.25) is 0 Å². The zero-order valence-electron chi connectivity index (χ0n) is 10.3. The minimum absolute atomic E-state index is 0.106. The molecular formula is C13H16F3NO. The molecule has 100 valence electrons. The standard InChI is InChI=1S/C13H16F3NO/c1-10-5-6-11(17-7-3-2-4-8-17)9-12(10)18-13(14,15)16/h5-6,9H,2-4,7-8H2,1H3. The Morgan fingerprint density at radius 3 is 2.39 bits per heavy atom. The van der Waals surface area contributed by atoms with Gasteiger partial charge in [-0.25, -0.2) is 0 Å². The van der Waals surface area contributed by atoms with Crippen LogP contribution in [0.2, 0.25) is 0 Å². The summed E-state index contributed by atoms with van der Waals surface area (Å²) in [5, 5.41) is 0. The Balaban J connectivity index is 2.19. The third kappa shape index (κ3) is 3.31. The molecule has 0 N–H and O–H groups in total. The van der Waals surface area contributed by atoms with Gasteiger partial charge in [-0.1, -0.05) is 6.07 Å². The van der Waals surface area contributed by atoms with E-state index < -0.39 is 6.36 Å². The number of hydrogen-bond acceptors (Lipinski definition) is 2. The largest absolute Gasteiger partial charge is 0.573 e. The third-order valence-electron chi connectivity index (χ3n) is 3.12. The second-order valence-corrected chi connectivity index (χ2v) is 4.55. The Kier molecular flexibility index (Phi) is 3.68. The fourth-order valence-electron chi connectivity index (χ4n) is 2.17. The van der Waals surface area contributed by atoms with Crippen LogP contribution in [0.5, 0.6) is 5.75 Å². The molecule has 18 heavy (non-hydrogen) atoms. The lowest BCUT2D eigenvalue weighted by Crippen LogP contribution is -2.29. The number of hydrogen-bond donors (Lipinski definition) is 0. The summed E-state index contributed by atoms with van der Waals surface area (Å²) in [6.07, 6.45) is -1.27. The summed E-state index contributed by atoms with van der Waals surface area (Å²) in [7, 11) is 0. The van der Waals surface area contributed by atoms with Gasteiger partial charge in [-0.2, -0.15) is 0 Å². The quantitative estimate of drug-likeness (QED) is 0.799. The summed E-state index contributed by atoms with van der Waals surface area (Å²) in [5.74, 6) is -0.106. The monoisotopic (exact) mass is 259 g/mol. The van der Waals surface area contributed by atoms with Gasteiger partial charge in [-0.3, -0.25) is 0 Å². The average Bonchev–Trinajstić information content (AvgIpc) is 2.31. The minimum atomic E-state index is -4.63. The summed E-state index contributed by atoms with van der Waals surface area (Å²) in [4.78, 5) is 2.10. The first-order chi connectivity index (χ1) is 8.46. The van der Waals surface area contributed by atoms with Gasteiger partial charge in [0.1, 0.15) is 5.75 Å².